The number of amides is 2. The maximum Gasteiger partial charge on any atom is 0.222 e. The maximum absolute atomic E-state index is 13.1. The molecule has 1 heterocycles. The SMILES string of the molecule is CCC(=O)N[C@H]1CC[C@@H](CC(=O)NCc2cc(F)cc(F)c2)O[C@H]1CO. The number of hydrogen-bond donors (Lipinski definition) is 3. The molecule has 0 unspecified atom stereocenters. The standard InChI is InChI=1S/C18H24F2N2O4/c1-2-17(24)22-15-4-3-14(26-16(15)10-23)8-18(25)21-9-11-5-12(19)7-13(20)6-11/h5-7,14-16,23H,2-4,8-10H2,1H3,(H,21,25)(H,22,24)/t14-,15-,16-/m0/s1. The first kappa shape index (κ1) is 20.3. The monoisotopic (exact) mass is 370 g/mol. The molecule has 2 rings (SSSR count). The van der Waals surface area contributed by atoms with Gasteiger partial charge in [0.15, 0.2) is 0 Å². The number of rotatable bonds is 7. The van der Waals surface area contributed by atoms with Gasteiger partial charge in [-0.3, -0.25) is 9.59 Å². The molecule has 144 valence electrons. The molecule has 0 radical (unpaired) electrons. The molecule has 1 aliphatic heterocycles. The second-order valence-electron chi connectivity index (χ2n) is 6.34. The molecule has 0 aromatic heterocycles. The Morgan fingerprint density at radius 2 is 1.88 bits per heavy atom. The van der Waals surface area contributed by atoms with Gasteiger partial charge in [-0.15, -0.1) is 0 Å². The van der Waals surface area contributed by atoms with Crippen molar-refractivity contribution in [2.45, 2.75) is 57.4 Å². The van der Waals surface area contributed by atoms with Crippen molar-refractivity contribution in [1.29, 1.82) is 0 Å². The predicted octanol–water partition coefficient (Wildman–Crippen LogP) is 1.41. The van der Waals surface area contributed by atoms with Crippen LogP contribution in [0, 0.1) is 11.6 Å². The quantitative estimate of drug-likeness (QED) is 0.677. The lowest BCUT2D eigenvalue weighted by Gasteiger charge is -2.36. The Bertz CT molecular complexity index is 621. The van der Waals surface area contributed by atoms with Crippen LogP contribution in [0.1, 0.15) is 38.2 Å². The summed E-state index contributed by atoms with van der Waals surface area (Å²) in [5, 5.41) is 14.9. The molecule has 0 saturated carbocycles. The Labute approximate surface area is 150 Å². The number of halogens is 2. The number of carbonyl (C=O) groups is 2. The third-order valence-electron chi connectivity index (χ3n) is 4.29. The zero-order valence-electron chi connectivity index (χ0n) is 14.6. The fourth-order valence-electron chi connectivity index (χ4n) is 2.95. The molecule has 3 N–H and O–H groups in total. The van der Waals surface area contributed by atoms with E-state index in [2.05, 4.69) is 10.6 Å². The van der Waals surface area contributed by atoms with Crippen molar-refractivity contribution in [3.8, 4) is 0 Å². The van der Waals surface area contributed by atoms with E-state index in [-0.39, 0.29) is 43.5 Å². The maximum atomic E-state index is 13.1. The van der Waals surface area contributed by atoms with Gasteiger partial charge in [0.2, 0.25) is 11.8 Å². The summed E-state index contributed by atoms with van der Waals surface area (Å²) >= 11 is 0. The van der Waals surface area contributed by atoms with Gasteiger partial charge in [-0.25, -0.2) is 8.78 Å². The lowest BCUT2D eigenvalue weighted by molar-refractivity contribution is -0.135. The number of benzene rings is 1. The van der Waals surface area contributed by atoms with Crippen molar-refractivity contribution >= 4 is 11.8 Å². The highest BCUT2D eigenvalue weighted by Gasteiger charge is 2.32. The molecular weight excluding hydrogens is 346 g/mol. The molecule has 0 bridgehead atoms. The minimum absolute atomic E-state index is 0.0127. The number of carbonyl (C=O) groups excluding carboxylic acids is 2. The molecule has 1 saturated heterocycles. The second-order valence-corrected chi connectivity index (χ2v) is 6.34. The largest absolute Gasteiger partial charge is 0.394 e. The molecule has 6 nitrogen and oxygen atoms in total. The van der Waals surface area contributed by atoms with Crippen LogP contribution in [-0.4, -0.2) is 41.8 Å². The van der Waals surface area contributed by atoms with Crippen molar-refractivity contribution in [2.75, 3.05) is 6.61 Å². The normalized spacial score (nSPS) is 22.7. The molecule has 3 atom stereocenters. The average Bonchev–Trinajstić information content (AvgIpc) is 2.60. The highest BCUT2D eigenvalue weighted by atomic mass is 19.1. The third kappa shape index (κ3) is 6.03. The van der Waals surface area contributed by atoms with Gasteiger partial charge in [-0.2, -0.15) is 0 Å². The first-order chi connectivity index (χ1) is 12.4. The minimum atomic E-state index is -0.698. The van der Waals surface area contributed by atoms with Gasteiger partial charge in [-0.05, 0) is 30.5 Å². The zero-order valence-corrected chi connectivity index (χ0v) is 14.6. The highest BCUT2D eigenvalue weighted by Crippen LogP contribution is 2.22. The van der Waals surface area contributed by atoms with E-state index in [9.17, 15) is 23.5 Å². The van der Waals surface area contributed by atoms with E-state index in [4.69, 9.17) is 4.74 Å². The molecular formula is C18H24F2N2O4. The Kier molecular flexibility index (Phi) is 7.47. The van der Waals surface area contributed by atoms with Crippen molar-refractivity contribution in [3.05, 3.63) is 35.4 Å². The topological polar surface area (TPSA) is 87.7 Å². The number of hydrogen-bond acceptors (Lipinski definition) is 4. The summed E-state index contributed by atoms with van der Waals surface area (Å²) in [7, 11) is 0. The van der Waals surface area contributed by atoms with Crippen LogP contribution in [0.25, 0.3) is 0 Å². The second kappa shape index (κ2) is 9.59. The molecule has 1 aromatic carbocycles. The Balaban J connectivity index is 1.81. The van der Waals surface area contributed by atoms with E-state index in [0.717, 1.165) is 18.2 Å². The Morgan fingerprint density at radius 3 is 2.50 bits per heavy atom. The number of aliphatic hydroxyl groups excluding tert-OH is 1. The van der Waals surface area contributed by atoms with Crippen LogP contribution < -0.4 is 10.6 Å². The van der Waals surface area contributed by atoms with Crippen LogP contribution in [0.4, 0.5) is 8.78 Å². The summed E-state index contributed by atoms with van der Waals surface area (Å²) in [6, 6.07) is 2.80. The molecule has 1 aromatic rings. The van der Waals surface area contributed by atoms with E-state index in [1.807, 2.05) is 0 Å². The molecule has 8 heteroatoms. The van der Waals surface area contributed by atoms with E-state index < -0.39 is 17.7 Å². The number of ether oxygens (including phenoxy) is 1. The van der Waals surface area contributed by atoms with E-state index in [1.165, 1.54) is 0 Å². The first-order valence-electron chi connectivity index (χ1n) is 8.68. The Morgan fingerprint density at radius 1 is 1.19 bits per heavy atom. The Hall–Kier alpha value is -2.06. The lowest BCUT2D eigenvalue weighted by atomic mass is 9.96. The average molecular weight is 370 g/mol. The van der Waals surface area contributed by atoms with Gasteiger partial charge in [0.05, 0.1) is 25.2 Å². The van der Waals surface area contributed by atoms with Crippen LogP contribution in [0.3, 0.4) is 0 Å². The van der Waals surface area contributed by atoms with Gasteiger partial charge < -0.3 is 20.5 Å². The van der Waals surface area contributed by atoms with Gasteiger partial charge in [-0.1, -0.05) is 6.92 Å². The molecule has 26 heavy (non-hydrogen) atoms. The lowest BCUT2D eigenvalue weighted by Crippen LogP contribution is -2.51. The van der Waals surface area contributed by atoms with Crippen molar-refractivity contribution in [1.82, 2.24) is 10.6 Å². The minimum Gasteiger partial charge on any atom is -0.394 e. The van der Waals surface area contributed by atoms with Gasteiger partial charge in [0.1, 0.15) is 17.7 Å². The summed E-state index contributed by atoms with van der Waals surface area (Å²) in [6.07, 6.45) is 0.640. The van der Waals surface area contributed by atoms with Crippen molar-refractivity contribution in [3.63, 3.8) is 0 Å². The smallest absolute Gasteiger partial charge is 0.222 e. The van der Waals surface area contributed by atoms with Crippen LogP contribution in [0.5, 0.6) is 0 Å². The summed E-state index contributed by atoms with van der Waals surface area (Å²) < 4.78 is 32.0. The summed E-state index contributed by atoms with van der Waals surface area (Å²) in [4.78, 5) is 23.5. The van der Waals surface area contributed by atoms with E-state index in [1.54, 1.807) is 6.92 Å². The van der Waals surface area contributed by atoms with Gasteiger partial charge in [0, 0.05) is 19.0 Å². The summed E-state index contributed by atoms with van der Waals surface area (Å²) in [5.74, 6) is -1.82. The molecule has 2 amide bonds. The van der Waals surface area contributed by atoms with E-state index >= 15 is 0 Å². The van der Waals surface area contributed by atoms with E-state index in [0.29, 0.717) is 24.8 Å². The fourth-order valence-corrected chi connectivity index (χ4v) is 2.95. The third-order valence-corrected chi connectivity index (χ3v) is 4.29. The van der Waals surface area contributed by atoms with Crippen LogP contribution >= 0.6 is 0 Å². The van der Waals surface area contributed by atoms with Crippen LogP contribution in [-0.2, 0) is 20.9 Å². The number of aliphatic hydroxyl groups is 1. The summed E-state index contributed by atoms with van der Waals surface area (Å²) in [6.45, 7) is 1.50. The fraction of sp³-hybridized carbons (Fsp3) is 0.556. The molecule has 0 spiro atoms. The van der Waals surface area contributed by atoms with Crippen molar-refractivity contribution < 1.29 is 28.2 Å². The van der Waals surface area contributed by atoms with Gasteiger partial charge >= 0.3 is 0 Å². The number of nitrogens with one attached hydrogen (secondary N) is 2. The van der Waals surface area contributed by atoms with Crippen LogP contribution in [0.15, 0.2) is 18.2 Å². The van der Waals surface area contributed by atoms with Crippen LogP contribution in [0.2, 0.25) is 0 Å². The zero-order chi connectivity index (χ0) is 19.1. The predicted molar refractivity (Wildman–Crippen MR) is 90.0 cm³/mol. The molecule has 1 fully saturated rings. The molecule has 0 aliphatic carbocycles. The van der Waals surface area contributed by atoms with Crippen molar-refractivity contribution in [2.24, 2.45) is 0 Å². The molecule has 1 aliphatic rings. The first-order valence-corrected chi connectivity index (χ1v) is 8.68. The summed E-state index contributed by atoms with van der Waals surface area (Å²) in [5.41, 5.74) is 0.330. The highest BCUT2D eigenvalue weighted by molar-refractivity contribution is 5.76. The van der Waals surface area contributed by atoms with Gasteiger partial charge in [0.25, 0.3) is 0 Å².